The van der Waals surface area contributed by atoms with E-state index in [0.717, 1.165) is 24.1 Å². The molecule has 0 spiro atoms. The van der Waals surface area contributed by atoms with Crippen molar-refractivity contribution < 1.29 is 9.90 Å². The lowest BCUT2D eigenvalue weighted by atomic mass is 10.1. The molecule has 1 amide bonds. The predicted molar refractivity (Wildman–Crippen MR) is 76.5 cm³/mol. The summed E-state index contributed by atoms with van der Waals surface area (Å²) in [5.74, 6) is 0.299. The van der Waals surface area contributed by atoms with Gasteiger partial charge in [0.1, 0.15) is 0 Å². The standard InChI is InChI=1S/C14H19ClN2O2/c15-8-13(18)9-16-11-3-1-10(2-4-11)7-14(19)17-12-5-6-12/h1-4,12-13,16,18H,5-9H2,(H,17,19). The number of carbonyl (C=O) groups excluding carboxylic acids is 1. The van der Waals surface area contributed by atoms with Gasteiger partial charge in [0.15, 0.2) is 0 Å². The fourth-order valence-corrected chi connectivity index (χ4v) is 1.83. The van der Waals surface area contributed by atoms with E-state index in [-0.39, 0.29) is 11.8 Å². The summed E-state index contributed by atoms with van der Waals surface area (Å²) in [5.41, 5.74) is 1.90. The number of hydrogen-bond acceptors (Lipinski definition) is 3. The second-order valence-corrected chi connectivity index (χ2v) is 5.21. The zero-order valence-electron chi connectivity index (χ0n) is 10.7. The van der Waals surface area contributed by atoms with Crippen LogP contribution in [0.5, 0.6) is 0 Å². The maximum atomic E-state index is 11.6. The highest BCUT2D eigenvalue weighted by Crippen LogP contribution is 2.19. The summed E-state index contributed by atoms with van der Waals surface area (Å²) < 4.78 is 0. The SMILES string of the molecule is O=C(Cc1ccc(NCC(O)CCl)cc1)NC1CC1. The van der Waals surface area contributed by atoms with Crippen molar-refractivity contribution in [1.29, 1.82) is 0 Å². The smallest absolute Gasteiger partial charge is 0.224 e. The van der Waals surface area contributed by atoms with Crippen LogP contribution in [0.15, 0.2) is 24.3 Å². The van der Waals surface area contributed by atoms with Crippen molar-refractivity contribution in [3.8, 4) is 0 Å². The Hall–Kier alpha value is -1.26. The molecule has 0 radical (unpaired) electrons. The Morgan fingerprint density at radius 1 is 1.37 bits per heavy atom. The number of aliphatic hydroxyl groups is 1. The third-order valence-electron chi connectivity index (χ3n) is 2.98. The zero-order valence-corrected chi connectivity index (χ0v) is 11.5. The van der Waals surface area contributed by atoms with Crippen molar-refractivity contribution in [2.45, 2.75) is 31.4 Å². The molecule has 2 rings (SSSR count). The summed E-state index contributed by atoms with van der Waals surface area (Å²) in [4.78, 5) is 11.6. The number of aliphatic hydroxyl groups excluding tert-OH is 1. The van der Waals surface area contributed by atoms with Crippen LogP contribution in [-0.2, 0) is 11.2 Å². The first-order chi connectivity index (χ1) is 9.17. The van der Waals surface area contributed by atoms with Gasteiger partial charge in [-0.1, -0.05) is 12.1 Å². The van der Waals surface area contributed by atoms with E-state index in [9.17, 15) is 9.90 Å². The Labute approximate surface area is 118 Å². The van der Waals surface area contributed by atoms with Crippen LogP contribution in [0.3, 0.4) is 0 Å². The summed E-state index contributed by atoms with van der Waals surface area (Å²) in [7, 11) is 0. The number of carbonyl (C=O) groups is 1. The molecule has 1 aliphatic carbocycles. The second-order valence-electron chi connectivity index (χ2n) is 4.90. The van der Waals surface area contributed by atoms with Gasteiger partial charge in [0, 0.05) is 18.3 Å². The minimum absolute atomic E-state index is 0.0840. The quantitative estimate of drug-likeness (QED) is 0.665. The van der Waals surface area contributed by atoms with Gasteiger partial charge in [-0.05, 0) is 30.5 Å². The summed E-state index contributed by atoms with van der Waals surface area (Å²) >= 11 is 5.51. The van der Waals surface area contributed by atoms with E-state index >= 15 is 0 Å². The van der Waals surface area contributed by atoms with Crippen LogP contribution in [0.25, 0.3) is 0 Å². The van der Waals surface area contributed by atoms with E-state index < -0.39 is 6.10 Å². The predicted octanol–water partition coefficient (Wildman–Crippen LogP) is 1.52. The molecular formula is C14H19ClN2O2. The average molecular weight is 283 g/mol. The first-order valence-electron chi connectivity index (χ1n) is 6.53. The molecule has 1 atom stereocenters. The number of benzene rings is 1. The molecule has 0 heterocycles. The molecule has 1 unspecified atom stereocenters. The number of nitrogens with one attached hydrogen (secondary N) is 2. The molecule has 0 saturated heterocycles. The molecule has 5 heteroatoms. The Kier molecular flexibility index (Phi) is 5.05. The number of halogens is 1. The molecule has 1 fully saturated rings. The van der Waals surface area contributed by atoms with E-state index in [2.05, 4.69) is 10.6 Å². The number of rotatable bonds is 7. The summed E-state index contributed by atoms with van der Waals surface area (Å²) in [6.07, 6.45) is 2.08. The molecule has 0 aliphatic heterocycles. The Morgan fingerprint density at radius 2 is 2.05 bits per heavy atom. The molecule has 0 bridgehead atoms. The highest BCUT2D eigenvalue weighted by Gasteiger charge is 2.22. The van der Waals surface area contributed by atoms with Crippen molar-refractivity contribution >= 4 is 23.2 Å². The molecule has 3 N–H and O–H groups in total. The van der Waals surface area contributed by atoms with E-state index in [0.29, 0.717) is 19.0 Å². The fraction of sp³-hybridized carbons (Fsp3) is 0.500. The minimum atomic E-state index is -0.550. The first kappa shape index (κ1) is 14.2. The Morgan fingerprint density at radius 3 is 2.63 bits per heavy atom. The van der Waals surface area contributed by atoms with Crippen molar-refractivity contribution in [2.75, 3.05) is 17.7 Å². The highest BCUT2D eigenvalue weighted by molar-refractivity contribution is 6.18. The third kappa shape index (κ3) is 5.09. The van der Waals surface area contributed by atoms with Crippen molar-refractivity contribution in [1.82, 2.24) is 5.32 Å². The van der Waals surface area contributed by atoms with Crippen LogP contribution in [0.1, 0.15) is 18.4 Å². The van der Waals surface area contributed by atoms with E-state index in [1.807, 2.05) is 24.3 Å². The van der Waals surface area contributed by atoms with Crippen molar-refractivity contribution in [3.63, 3.8) is 0 Å². The molecule has 104 valence electrons. The van der Waals surface area contributed by atoms with Crippen molar-refractivity contribution in [2.24, 2.45) is 0 Å². The van der Waals surface area contributed by atoms with Crippen LogP contribution in [0.4, 0.5) is 5.69 Å². The molecular weight excluding hydrogens is 264 g/mol. The number of hydrogen-bond donors (Lipinski definition) is 3. The molecule has 0 aromatic heterocycles. The summed E-state index contributed by atoms with van der Waals surface area (Å²) in [6.45, 7) is 0.422. The Bertz CT molecular complexity index is 418. The van der Waals surface area contributed by atoms with Gasteiger partial charge in [-0.15, -0.1) is 11.6 Å². The molecule has 19 heavy (non-hydrogen) atoms. The minimum Gasteiger partial charge on any atom is -0.390 e. The van der Waals surface area contributed by atoms with Gasteiger partial charge in [-0.25, -0.2) is 0 Å². The van der Waals surface area contributed by atoms with Gasteiger partial charge in [0.05, 0.1) is 18.4 Å². The zero-order chi connectivity index (χ0) is 13.7. The number of amides is 1. The van der Waals surface area contributed by atoms with Crippen LogP contribution >= 0.6 is 11.6 Å². The van der Waals surface area contributed by atoms with Gasteiger partial charge >= 0.3 is 0 Å². The second kappa shape index (κ2) is 6.78. The van der Waals surface area contributed by atoms with Gasteiger partial charge in [0.2, 0.25) is 5.91 Å². The molecule has 1 aromatic carbocycles. The van der Waals surface area contributed by atoms with Crippen LogP contribution in [0.2, 0.25) is 0 Å². The topological polar surface area (TPSA) is 61.4 Å². The third-order valence-corrected chi connectivity index (χ3v) is 3.34. The summed E-state index contributed by atoms with van der Waals surface area (Å²) in [5, 5.41) is 15.4. The highest BCUT2D eigenvalue weighted by atomic mass is 35.5. The van der Waals surface area contributed by atoms with Gasteiger partial charge in [-0.2, -0.15) is 0 Å². The fourth-order valence-electron chi connectivity index (χ4n) is 1.72. The van der Waals surface area contributed by atoms with E-state index in [4.69, 9.17) is 11.6 Å². The van der Waals surface area contributed by atoms with Crippen LogP contribution in [0, 0.1) is 0 Å². The maximum absolute atomic E-state index is 11.6. The maximum Gasteiger partial charge on any atom is 0.224 e. The summed E-state index contributed by atoms with van der Waals surface area (Å²) in [6, 6.07) is 8.05. The van der Waals surface area contributed by atoms with Crippen LogP contribution in [-0.4, -0.2) is 35.6 Å². The lowest BCUT2D eigenvalue weighted by Crippen LogP contribution is -2.26. The normalized spacial score (nSPS) is 15.9. The largest absolute Gasteiger partial charge is 0.390 e. The average Bonchev–Trinajstić information content (AvgIpc) is 3.21. The lowest BCUT2D eigenvalue weighted by molar-refractivity contribution is -0.120. The monoisotopic (exact) mass is 282 g/mol. The van der Waals surface area contributed by atoms with Crippen LogP contribution < -0.4 is 10.6 Å². The van der Waals surface area contributed by atoms with E-state index in [1.54, 1.807) is 0 Å². The number of anilines is 1. The molecule has 1 aliphatic rings. The molecule has 4 nitrogen and oxygen atoms in total. The van der Waals surface area contributed by atoms with E-state index in [1.165, 1.54) is 0 Å². The first-order valence-corrected chi connectivity index (χ1v) is 7.07. The van der Waals surface area contributed by atoms with Crippen molar-refractivity contribution in [3.05, 3.63) is 29.8 Å². The Balaban J connectivity index is 1.78. The lowest BCUT2D eigenvalue weighted by Gasteiger charge is -2.10. The van der Waals surface area contributed by atoms with Gasteiger partial charge in [0.25, 0.3) is 0 Å². The molecule has 1 aromatic rings. The van der Waals surface area contributed by atoms with Gasteiger partial charge < -0.3 is 15.7 Å². The molecule has 1 saturated carbocycles. The number of alkyl halides is 1. The van der Waals surface area contributed by atoms with Gasteiger partial charge in [-0.3, -0.25) is 4.79 Å².